The Morgan fingerprint density at radius 2 is 2.00 bits per heavy atom. The lowest BCUT2D eigenvalue weighted by molar-refractivity contribution is 0.0570. The lowest BCUT2D eigenvalue weighted by Gasteiger charge is -2.35. The fourth-order valence-corrected chi connectivity index (χ4v) is 3.98. The van der Waals surface area contributed by atoms with Crippen molar-refractivity contribution in [2.75, 3.05) is 0 Å². The minimum atomic E-state index is -0.412. The quantitative estimate of drug-likeness (QED) is 0.819. The topological polar surface area (TPSA) is 33.1 Å². The van der Waals surface area contributed by atoms with E-state index >= 15 is 0 Å². The van der Waals surface area contributed by atoms with E-state index in [1.54, 1.807) is 6.20 Å². The summed E-state index contributed by atoms with van der Waals surface area (Å²) in [5, 5.41) is 12.0. The zero-order valence-corrected chi connectivity index (χ0v) is 14.2. The molecular formula is C18H22BrNO. The zero-order valence-electron chi connectivity index (χ0n) is 12.6. The zero-order chi connectivity index (χ0) is 15.0. The second kappa shape index (κ2) is 6.05. The van der Waals surface area contributed by atoms with E-state index in [9.17, 15) is 5.11 Å². The van der Waals surface area contributed by atoms with Gasteiger partial charge in [0.05, 0.1) is 11.6 Å². The molecule has 1 aromatic carbocycles. The van der Waals surface area contributed by atoms with Crippen LogP contribution in [0.3, 0.4) is 0 Å². The molecular weight excluding hydrogens is 326 g/mol. The van der Waals surface area contributed by atoms with E-state index in [4.69, 9.17) is 0 Å². The van der Waals surface area contributed by atoms with Crippen LogP contribution in [0.4, 0.5) is 0 Å². The Kier molecular flexibility index (Phi) is 4.32. The summed E-state index contributed by atoms with van der Waals surface area (Å²) >= 11 is 3.57. The van der Waals surface area contributed by atoms with Crippen LogP contribution < -0.4 is 0 Å². The van der Waals surface area contributed by atoms with Gasteiger partial charge in [0.2, 0.25) is 0 Å². The normalized spacial score (nSPS) is 27.7. The van der Waals surface area contributed by atoms with Crippen LogP contribution in [0.15, 0.2) is 34.9 Å². The van der Waals surface area contributed by atoms with Crippen LogP contribution in [0.2, 0.25) is 0 Å². The summed E-state index contributed by atoms with van der Waals surface area (Å²) in [4.78, 5) is 4.50. The molecule has 2 nitrogen and oxygen atoms in total. The first-order valence-corrected chi connectivity index (χ1v) is 8.58. The molecule has 4 atom stereocenters. The van der Waals surface area contributed by atoms with Crippen LogP contribution in [0.25, 0.3) is 10.9 Å². The molecule has 1 N–H and O–H groups in total. The highest BCUT2D eigenvalue weighted by atomic mass is 79.9. The Balaban J connectivity index is 1.95. The van der Waals surface area contributed by atoms with Gasteiger partial charge in [0.15, 0.2) is 0 Å². The van der Waals surface area contributed by atoms with E-state index < -0.39 is 6.10 Å². The summed E-state index contributed by atoms with van der Waals surface area (Å²) in [5.74, 6) is 1.81. The SMILES string of the molecule is CC1CCC(C(O)c2ccc(Br)c3cccnc23)CC1C. The molecule has 0 bridgehead atoms. The number of hydrogen-bond acceptors (Lipinski definition) is 2. The Hall–Kier alpha value is -0.930. The molecule has 1 heterocycles. The summed E-state index contributed by atoms with van der Waals surface area (Å²) in [6, 6.07) is 8.03. The molecule has 0 spiro atoms. The van der Waals surface area contributed by atoms with Gasteiger partial charge in [-0.2, -0.15) is 0 Å². The van der Waals surface area contributed by atoms with Crippen molar-refractivity contribution in [2.45, 2.75) is 39.2 Å². The van der Waals surface area contributed by atoms with Crippen molar-refractivity contribution >= 4 is 26.8 Å². The minimum absolute atomic E-state index is 0.350. The maximum atomic E-state index is 10.9. The highest BCUT2D eigenvalue weighted by Crippen LogP contribution is 2.41. The maximum absolute atomic E-state index is 10.9. The van der Waals surface area contributed by atoms with Gasteiger partial charge in [-0.05, 0) is 42.7 Å². The highest BCUT2D eigenvalue weighted by Gasteiger charge is 2.31. The molecule has 0 amide bonds. The summed E-state index contributed by atoms with van der Waals surface area (Å²) in [7, 11) is 0. The Morgan fingerprint density at radius 1 is 1.19 bits per heavy atom. The molecule has 1 aliphatic rings. The van der Waals surface area contributed by atoms with E-state index in [1.165, 1.54) is 6.42 Å². The van der Waals surface area contributed by atoms with Crippen molar-refractivity contribution in [1.82, 2.24) is 4.98 Å². The number of rotatable bonds is 2. The molecule has 1 aromatic heterocycles. The molecule has 112 valence electrons. The Bertz CT molecular complexity index is 642. The third-order valence-electron chi connectivity index (χ3n) is 5.15. The second-order valence-electron chi connectivity index (χ2n) is 6.51. The molecule has 2 aromatic rings. The van der Waals surface area contributed by atoms with Crippen molar-refractivity contribution in [3.8, 4) is 0 Å². The van der Waals surface area contributed by atoms with Crippen LogP contribution in [0.1, 0.15) is 44.8 Å². The maximum Gasteiger partial charge on any atom is 0.0839 e. The van der Waals surface area contributed by atoms with Crippen molar-refractivity contribution in [3.63, 3.8) is 0 Å². The molecule has 1 fully saturated rings. The summed E-state index contributed by atoms with van der Waals surface area (Å²) < 4.78 is 1.03. The van der Waals surface area contributed by atoms with Gasteiger partial charge in [-0.15, -0.1) is 0 Å². The van der Waals surface area contributed by atoms with Crippen LogP contribution in [0.5, 0.6) is 0 Å². The highest BCUT2D eigenvalue weighted by molar-refractivity contribution is 9.10. The fraction of sp³-hybridized carbons (Fsp3) is 0.500. The van der Waals surface area contributed by atoms with Crippen LogP contribution in [0, 0.1) is 17.8 Å². The van der Waals surface area contributed by atoms with Gasteiger partial charge >= 0.3 is 0 Å². The number of aromatic nitrogens is 1. The van der Waals surface area contributed by atoms with E-state index in [-0.39, 0.29) is 0 Å². The smallest absolute Gasteiger partial charge is 0.0839 e. The Labute approximate surface area is 134 Å². The average Bonchev–Trinajstić information content (AvgIpc) is 2.50. The van der Waals surface area contributed by atoms with Gasteiger partial charge in [-0.25, -0.2) is 0 Å². The number of benzene rings is 1. The van der Waals surface area contributed by atoms with Crippen molar-refractivity contribution in [3.05, 3.63) is 40.5 Å². The molecule has 0 radical (unpaired) electrons. The predicted octanol–water partition coefficient (Wildman–Crippen LogP) is 5.10. The molecule has 0 saturated heterocycles. The third-order valence-corrected chi connectivity index (χ3v) is 5.84. The number of pyridine rings is 1. The number of nitrogens with zero attached hydrogens (tertiary/aromatic N) is 1. The van der Waals surface area contributed by atoms with Gasteiger partial charge in [-0.3, -0.25) is 4.98 Å². The standard InChI is InChI=1S/C18H22BrNO/c1-11-5-6-13(10-12(11)2)18(21)15-7-8-16(19)14-4-3-9-20-17(14)15/h3-4,7-9,11-13,18,21H,5-6,10H2,1-2H3. The van der Waals surface area contributed by atoms with Gasteiger partial charge in [-0.1, -0.05) is 48.3 Å². The van der Waals surface area contributed by atoms with Gasteiger partial charge < -0.3 is 5.11 Å². The number of aliphatic hydroxyl groups excluding tert-OH is 1. The number of halogens is 1. The second-order valence-corrected chi connectivity index (χ2v) is 7.36. The molecule has 3 rings (SSSR count). The lowest BCUT2D eigenvalue weighted by Crippen LogP contribution is -2.25. The number of fused-ring (bicyclic) bond motifs is 1. The average molecular weight is 348 g/mol. The lowest BCUT2D eigenvalue weighted by atomic mass is 9.73. The van der Waals surface area contributed by atoms with E-state index in [0.29, 0.717) is 11.8 Å². The van der Waals surface area contributed by atoms with Crippen molar-refractivity contribution in [1.29, 1.82) is 0 Å². The predicted molar refractivity (Wildman–Crippen MR) is 90.1 cm³/mol. The van der Waals surface area contributed by atoms with Crippen LogP contribution in [-0.4, -0.2) is 10.1 Å². The Morgan fingerprint density at radius 3 is 2.76 bits per heavy atom. The molecule has 1 saturated carbocycles. The van der Waals surface area contributed by atoms with Crippen molar-refractivity contribution in [2.24, 2.45) is 17.8 Å². The van der Waals surface area contributed by atoms with E-state index in [1.807, 2.05) is 24.3 Å². The minimum Gasteiger partial charge on any atom is -0.388 e. The number of aliphatic hydroxyl groups is 1. The largest absolute Gasteiger partial charge is 0.388 e. The van der Waals surface area contributed by atoms with E-state index in [0.717, 1.165) is 39.7 Å². The van der Waals surface area contributed by atoms with Gasteiger partial charge in [0.25, 0.3) is 0 Å². The monoisotopic (exact) mass is 347 g/mol. The molecule has 1 aliphatic carbocycles. The van der Waals surface area contributed by atoms with Gasteiger partial charge in [0, 0.05) is 21.6 Å². The first-order chi connectivity index (χ1) is 10.1. The number of hydrogen-bond donors (Lipinski definition) is 1. The molecule has 4 unspecified atom stereocenters. The van der Waals surface area contributed by atoms with Gasteiger partial charge in [0.1, 0.15) is 0 Å². The first kappa shape index (κ1) is 15.0. The molecule has 0 aliphatic heterocycles. The summed E-state index contributed by atoms with van der Waals surface area (Å²) in [6.45, 7) is 4.63. The van der Waals surface area contributed by atoms with Crippen LogP contribution >= 0.6 is 15.9 Å². The summed E-state index contributed by atoms with van der Waals surface area (Å²) in [5.41, 5.74) is 1.89. The first-order valence-electron chi connectivity index (χ1n) is 7.79. The third kappa shape index (κ3) is 2.86. The van der Waals surface area contributed by atoms with Crippen LogP contribution in [-0.2, 0) is 0 Å². The van der Waals surface area contributed by atoms with E-state index in [2.05, 4.69) is 34.8 Å². The summed E-state index contributed by atoms with van der Waals surface area (Å²) in [6.07, 6.45) is 4.82. The molecule has 21 heavy (non-hydrogen) atoms. The van der Waals surface area contributed by atoms with Crippen molar-refractivity contribution < 1.29 is 5.11 Å². The molecule has 3 heteroatoms. The fourth-order valence-electron chi connectivity index (χ4n) is 3.53.